The summed E-state index contributed by atoms with van der Waals surface area (Å²) < 4.78 is 6.05. The van der Waals surface area contributed by atoms with Gasteiger partial charge in [0, 0.05) is 24.8 Å². The van der Waals surface area contributed by atoms with Gasteiger partial charge < -0.3 is 14.7 Å². The number of rotatable bonds is 2. The maximum atomic E-state index is 11.0. The summed E-state index contributed by atoms with van der Waals surface area (Å²) in [6, 6.07) is 6.28. The molecule has 1 saturated heterocycles. The Kier molecular flexibility index (Phi) is 3.11. The number of carboxylic acid groups (broad SMARTS) is 1. The number of carboxylic acids is 1. The third kappa shape index (κ3) is 2.47. The van der Waals surface area contributed by atoms with Crippen LogP contribution in [0.3, 0.4) is 0 Å². The Labute approximate surface area is 119 Å². The number of carbonyl (C=O) groups is 1. The van der Waals surface area contributed by atoms with Crippen molar-refractivity contribution in [2.75, 3.05) is 18.0 Å². The van der Waals surface area contributed by atoms with Crippen LogP contribution in [0.25, 0.3) is 0 Å². The van der Waals surface area contributed by atoms with Gasteiger partial charge in [0.15, 0.2) is 0 Å². The van der Waals surface area contributed by atoms with Crippen LogP contribution in [0.4, 0.5) is 5.69 Å². The molecule has 1 unspecified atom stereocenters. The van der Waals surface area contributed by atoms with E-state index in [4.69, 9.17) is 9.84 Å². The highest BCUT2D eigenvalue weighted by Gasteiger charge is 2.30. The molecule has 0 bridgehead atoms. The molecule has 2 aliphatic rings. The highest BCUT2D eigenvalue weighted by atomic mass is 16.5. The van der Waals surface area contributed by atoms with E-state index in [1.54, 1.807) is 0 Å². The first-order valence-electron chi connectivity index (χ1n) is 7.24. The van der Waals surface area contributed by atoms with Gasteiger partial charge in [-0.05, 0) is 44.7 Å². The molecular formula is C16H21NO3. The van der Waals surface area contributed by atoms with Crippen LogP contribution in [-0.2, 0) is 11.2 Å². The zero-order valence-electron chi connectivity index (χ0n) is 12.1. The molecule has 1 aromatic rings. The van der Waals surface area contributed by atoms with E-state index < -0.39 is 5.97 Å². The molecule has 1 N–H and O–H groups in total. The number of hydrogen-bond acceptors (Lipinski definition) is 3. The van der Waals surface area contributed by atoms with E-state index in [0.717, 1.165) is 37.2 Å². The lowest BCUT2D eigenvalue weighted by Crippen LogP contribution is -2.32. The lowest BCUT2D eigenvalue weighted by molar-refractivity contribution is -0.140. The van der Waals surface area contributed by atoms with Crippen LogP contribution in [0.2, 0.25) is 0 Å². The minimum absolute atomic E-state index is 0.111. The summed E-state index contributed by atoms with van der Waals surface area (Å²) in [5, 5.41) is 9.09. The van der Waals surface area contributed by atoms with Gasteiger partial charge >= 0.3 is 5.97 Å². The van der Waals surface area contributed by atoms with Crippen LogP contribution < -0.4 is 9.64 Å². The van der Waals surface area contributed by atoms with Gasteiger partial charge in [0.25, 0.3) is 0 Å². The summed E-state index contributed by atoms with van der Waals surface area (Å²) in [6.45, 7) is 5.62. The number of nitrogens with zero attached hydrogens (tertiary/aromatic N) is 1. The average molecular weight is 275 g/mol. The third-order valence-corrected chi connectivity index (χ3v) is 4.34. The van der Waals surface area contributed by atoms with Crippen molar-refractivity contribution in [3.63, 3.8) is 0 Å². The van der Waals surface area contributed by atoms with Gasteiger partial charge in [-0.1, -0.05) is 6.07 Å². The molecule has 4 heteroatoms. The minimum atomic E-state index is -0.692. The van der Waals surface area contributed by atoms with Crippen molar-refractivity contribution in [1.82, 2.24) is 0 Å². The quantitative estimate of drug-likeness (QED) is 0.901. The number of ether oxygens (including phenoxy) is 1. The summed E-state index contributed by atoms with van der Waals surface area (Å²) in [6.07, 6.45) is 2.79. The smallest absolute Gasteiger partial charge is 0.308 e. The van der Waals surface area contributed by atoms with E-state index in [0.29, 0.717) is 6.54 Å². The van der Waals surface area contributed by atoms with Crippen LogP contribution in [-0.4, -0.2) is 29.8 Å². The van der Waals surface area contributed by atoms with Crippen LogP contribution >= 0.6 is 0 Å². The molecule has 2 heterocycles. The monoisotopic (exact) mass is 275 g/mol. The van der Waals surface area contributed by atoms with Crippen molar-refractivity contribution in [3.8, 4) is 5.75 Å². The van der Waals surface area contributed by atoms with E-state index in [2.05, 4.69) is 36.9 Å². The molecule has 0 aromatic heterocycles. The molecule has 4 nitrogen and oxygen atoms in total. The maximum absolute atomic E-state index is 11.0. The number of benzene rings is 1. The number of aliphatic carboxylic acids is 1. The molecule has 0 aliphatic carbocycles. The Morgan fingerprint density at radius 1 is 1.45 bits per heavy atom. The van der Waals surface area contributed by atoms with Crippen LogP contribution in [0, 0.1) is 5.92 Å². The van der Waals surface area contributed by atoms with Crippen LogP contribution in [0.1, 0.15) is 32.3 Å². The zero-order chi connectivity index (χ0) is 14.3. The fourth-order valence-electron chi connectivity index (χ4n) is 3.02. The van der Waals surface area contributed by atoms with E-state index in [1.807, 2.05) is 0 Å². The zero-order valence-corrected chi connectivity index (χ0v) is 12.1. The molecule has 1 aromatic carbocycles. The second kappa shape index (κ2) is 4.69. The van der Waals surface area contributed by atoms with Gasteiger partial charge in [-0.2, -0.15) is 0 Å². The highest BCUT2D eigenvalue weighted by molar-refractivity contribution is 5.72. The second-order valence-corrected chi connectivity index (χ2v) is 6.42. The predicted molar refractivity (Wildman–Crippen MR) is 77.4 cm³/mol. The molecule has 108 valence electrons. The number of anilines is 1. The maximum Gasteiger partial charge on any atom is 0.308 e. The fourth-order valence-corrected chi connectivity index (χ4v) is 3.02. The van der Waals surface area contributed by atoms with E-state index in [-0.39, 0.29) is 11.5 Å². The average Bonchev–Trinajstić information content (AvgIpc) is 2.86. The van der Waals surface area contributed by atoms with Crippen molar-refractivity contribution in [2.24, 2.45) is 5.92 Å². The van der Waals surface area contributed by atoms with Crippen LogP contribution in [0.15, 0.2) is 18.2 Å². The normalized spacial score (nSPS) is 24.1. The summed E-state index contributed by atoms with van der Waals surface area (Å²) >= 11 is 0. The second-order valence-electron chi connectivity index (χ2n) is 6.42. The summed E-state index contributed by atoms with van der Waals surface area (Å²) in [7, 11) is 0. The molecule has 0 saturated carbocycles. The Morgan fingerprint density at radius 2 is 2.25 bits per heavy atom. The first-order valence-corrected chi connectivity index (χ1v) is 7.24. The van der Waals surface area contributed by atoms with Gasteiger partial charge in [0.1, 0.15) is 11.4 Å². The SMILES string of the molecule is CC1(C)CCc2ccc(N3CCC(C(=O)O)C3)cc2O1. The third-order valence-electron chi connectivity index (χ3n) is 4.34. The number of aryl methyl sites for hydroxylation is 1. The summed E-state index contributed by atoms with van der Waals surface area (Å²) in [5.74, 6) is 0.0174. The van der Waals surface area contributed by atoms with E-state index in [1.165, 1.54) is 5.56 Å². The molecule has 1 fully saturated rings. The Bertz CT molecular complexity index is 539. The van der Waals surface area contributed by atoms with Crippen molar-refractivity contribution < 1.29 is 14.6 Å². The molecule has 0 radical (unpaired) electrons. The first-order chi connectivity index (χ1) is 9.44. The van der Waals surface area contributed by atoms with E-state index >= 15 is 0 Å². The predicted octanol–water partition coefficient (Wildman–Crippen LogP) is 2.70. The van der Waals surface area contributed by atoms with Crippen LogP contribution in [0.5, 0.6) is 5.75 Å². The highest BCUT2D eigenvalue weighted by Crippen LogP contribution is 2.36. The minimum Gasteiger partial charge on any atom is -0.487 e. The lowest BCUT2D eigenvalue weighted by Gasteiger charge is -2.33. The van der Waals surface area contributed by atoms with Crippen molar-refractivity contribution in [3.05, 3.63) is 23.8 Å². The molecule has 2 aliphatic heterocycles. The Morgan fingerprint density at radius 3 is 2.95 bits per heavy atom. The standard InChI is InChI=1S/C16H21NO3/c1-16(2)7-5-11-3-4-13(9-14(11)20-16)17-8-6-12(10-17)15(18)19/h3-4,9,12H,5-8,10H2,1-2H3,(H,18,19). The summed E-state index contributed by atoms with van der Waals surface area (Å²) in [4.78, 5) is 13.2. The van der Waals surface area contributed by atoms with Crippen molar-refractivity contribution in [1.29, 1.82) is 0 Å². The largest absolute Gasteiger partial charge is 0.487 e. The van der Waals surface area contributed by atoms with Gasteiger partial charge in [-0.3, -0.25) is 4.79 Å². The van der Waals surface area contributed by atoms with E-state index in [9.17, 15) is 4.79 Å². The number of hydrogen-bond donors (Lipinski definition) is 1. The molecule has 3 rings (SSSR count). The van der Waals surface area contributed by atoms with Gasteiger partial charge in [-0.15, -0.1) is 0 Å². The van der Waals surface area contributed by atoms with Crippen molar-refractivity contribution in [2.45, 2.75) is 38.7 Å². The topological polar surface area (TPSA) is 49.8 Å². The summed E-state index contributed by atoms with van der Waals surface area (Å²) in [5.41, 5.74) is 2.22. The fraction of sp³-hybridized carbons (Fsp3) is 0.562. The van der Waals surface area contributed by atoms with Gasteiger partial charge in [-0.25, -0.2) is 0 Å². The Hall–Kier alpha value is -1.71. The van der Waals surface area contributed by atoms with Gasteiger partial charge in [0.2, 0.25) is 0 Å². The molecule has 0 spiro atoms. The molecule has 0 amide bonds. The molecular weight excluding hydrogens is 254 g/mol. The molecule has 1 atom stereocenters. The van der Waals surface area contributed by atoms with Crippen molar-refractivity contribution >= 4 is 11.7 Å². The number of fused-ring (bicyclic) bond motifs is 1. The lowest BCUT2D eigenvalue weighted by atomic mass is 9.94. The first kappa shape index (κ1) is 13.3. The molecule has 20 heavy (non-hydrogen) atoms. The Balaban J connectivity index is 1.81. The van der Waals surface area contributed by atoms with Gasteiger partial charge in [0.05, 0.1) is 5.92 Å².